The first kappa shape index (κ1) is 12.0. The van der Waals surface area contributed by atoms with Gasteiger partial charge in [0, 0.05) is 7.05 Å². The van der Waals surface area contributed by atoms with Crippen LogP contribution in [-0.4, -0.2) is 30.9 Å². The quantitative estimate of drug-likeness (QED) is 0.741. The van der Waals surface area contributed by atoms with Crippen LogP contribution in [0.5, 0.6) is 0 Å². The summed E-state index contributed by atoms with van der Waals surface area (Å²) in [5.41, 5.74) is 1.15. The average Bonchev–Trinajstić information content (AvgIpc) is 2.64. The van der Waals surface area contributed by atoms with Gasteiger partial charge in [0.15, 0.2) is 5.58 Å². The van der Waals surface area contributed by atoms with E-state index in [1.807, 2.05) is 0 Å². The maximum Gasteiger partial charge on any atom is 0.419 e. The molecule has 3 rings (SSSR count). The minimum atomic E-state index is -0.768. The van der Waals surface area contributed by atoms with Crippen LogP contribution in [-0.2, 0) is 26.7 Å². The summed E-state index contributed by atoms with van der Waals surface area (Å²) < 4.78 is 16.5. The Bertz CT molecular complexity index is 707. The summed E-state index contributed by atoms with van der Waals surface area (Å²) in [4.78, 5) is 23.4. The number of nitrogens with zero attached hydrogens (tertiary/aromatic N) is 1. The summed E-state index contributed by atoms with van der Waals surface area (Å²) in [7, 11) is 2.98. The van der Waals surface area contributed by atoms with Crippen molar-refractivity contribution in [3.05, 3.63) is 34.3 Å². The van der Waals surface area contributed by atoms with Gasteiger partial charge in [0.25, 0.3) is 0 Å². The normalized spacial score (nSPS) is 17.2. The molecule has 2 heterocycles. The second-order valence-corrected chi connectivity index (χ2v) is 4.68. The number of hydrogen-bond donors (Lipinski definition) is 0. The molecule has 2 aromatic rings. The lowest BCUT2D eigenvalue weighted by molar-refractivity contribution is -0.166. The smallest absolute Gasteiger partial charge is 0.419 e. The Labute approximate surface area is 108 Å². The third-order valence-corrected chi connectivity index (χ3v) is 3.62. The molecule has 0 radical (unpaired) electrons. The lowest BCUT2D eigenvalue weighted by Gasteiger charge is -2.38. The predicted molar refractivity (Wildman–Crippen MR) is 66.0 cm³/mol. The van der Waals surface area contributed by atoms with Crippen molar-refractivity contribution >= 4 is 17.1 Å². The second kappa shape index (κ2) is 3.96. The van der Waals surface area contributed by atoms with E-state index in [4.69, 9.17) is 13.9 Å². The topological polar surface area (TPSA) is 70.7 Å². The highest BCUT2D eigenvalue weighted by atomic mass is 16.5. The second-order valence-electron chi connectivity index (χ2n) is 4.68. The molecule has 19 heavy (non-hydrogen) atoms. The van der Waals surface area contributed by atoms with Gasteiger partial charge in [-0.25, -0.2) is 4.79 Å². The molecule has 0 atom stereocenters. The molecule has 100 valence electrons. The highest BCUT2D eigenvalue weighted by Crippen LogP contribution is 2.35. The molecule has 6 heteroatoms. The summed E-state index contributed by atoms with van der Waals surface area (Å²) in [5, 5.41) is 0. The first-order chi connectivity index (χ1) is 9.08. The van der Waals surface area contributed by atoms with Gasteiger partial charge >= 0.3 is 11.7 Å². The Morgan fingerprint density at radius 1 is 1.42 bits per heavy atom. The van der Waals surface area contributed by atoms with Crippen LogP contribution in [0.3, 0.4) is 0 Å². The summed E-state index contributed by atoms with van der Waals surface area (Å²) in [6.07, 6.45) is 0. The summed E-state index contributed by atoms with van der Waals surface area (Å²) >= 11 is 0. The van der Waals surface area contributed by atoms with E-state index in [9.17, 15) is 9.59 Å². The minimum absolute atomic E-state index is 0.289. The van der Waals surface area contributed by atoms with Crippen molar-refractivity contribution in [3.63, 3.8) is 0 Å². The molecule has 0 N–H and O–H groups in total. The number of aryl methyl sites for hydroxylation is 1. The van der Waals surface area contributed by atoms with Crippen molar-refractivity contribution in [2.75, 3.05) is 20.3 Å². The summed E-state index contributed by atoms with van der Waals surface area (Å²) in [6.45, 7) is 0.577. The fourth-order valence-electron chi connectivity index (χ4n) is 2.33. The molecule has 0 aliphatic carbocycles. The van der Waals surface area contributed by atoms with Crippen LogP contribution >= 0.6 is 0 Å². The molecule has 1 fully saturated rings. The van der Waals surface area contributed by atoms with Gasteiger partial charge in [-0.05, 0) is 17.7 Å². The predicted octanol–water partition coefficient (Wildman–Crippen LogP) is 0.572. The first-order valence-corrected chi connectivity index (χ1v) is 5.85. The third kappa shape index (κ3) is 1.53. The van der Waals surface area contributed by atoms with Gasteiger partial charge in [0.05, 0.1) is 25.8 Å². The monoisotopic (exact) mass is 263 g/mol. The van der Waals surface area contributed by atoms with Crippen LogP contribution in [0.2, 0.25) is 0 Å². The van der Waals surface area contributed by atoms with Gasteiger partial charge < -0.3 is 13.9 Å². The number of aromatic nitrogens is 1. The number of benzene rings is 1. The van der Waals surface area contributed by atoms with Crippen LogP contribution in [0.1, 0.15) is 5.56 Å². The molecular weight excluding hydrogens is 250 g/mol. The molecule has 0 unspecified atom stereocenters. The van der Waals surface area contributed by atoms with Crippen LogP contribution in [0.15, 0.2) is 27.4 Å². The third-order valence-electron chi connectivity index (χ3n) is 3.62. The fraction of sp³-hybridized carbons (Fsp3) is 0.385. The highest BCUT2D eigenvalue weighted by molar-refractivity contribution is 5.86. The van der Waals surface area contributed by atoms with Crippen molar-refractivity contribution in [2.45, 2.75) is 5.41 Å². The van der Waals surface area contributed by atoms with Crippen molar-refractivity contribution in [3.8, 4) is 0 Å². The van der Waals surface area contributed by atoms with E-state index < -0.39 is 11.2 Å². The first-order valence-electron chi connectivity index (χ1n) is 5.85. The number of esters is 1. The molecule has 0 spiro atoms. The zero-order valence-electron chi connectivity index (χ0n) is 10.6. The lowest BCUT2D eigenvalue weighted by atomic mass is 9.78. The molecule has 0 bridgehead atoms. The maximum absolute atomic E-state index is 11.9. The summed E-state index contributed by atoms with van der Waals surface area (Å²) in [6, 6.07) is 5.24. The Morgan fingerprint density at radius 2 is 2.16 bits per heavy atom. The number of fused-ring (bicyclic) bond motifs is 1. The van der Waals surface area contributed by atoms with Crippen molar-refractivity contribution in [1.82, 2.24) is 4.57 Å². The van der Waals surface area contributed by atoms with Crippen LogP contribution in [0, 0.1) is 0 Å². The van der Waals surface area contributed by atoms with E-state index in [0.717, 1.165) is 5.56 Å². The largest absolute Gasteiger partial charge is 0.468 e. The van der Waals surface area contributed by atoms with E-state index in [-0.39, 0.29) is 19.2 Å². The number of carbonyl (C=O) groups is 1. The number of methoxy groups -OCH3 is 1. The average molecular weight is 263 g/mol. The van der Waals surface area contributed by atoms with Crippen molar-refractivity contribution in [2.24, 2.45) is 7.05 Å². The fourth-order valence-corrected chi connectivity index (χ4v) is 2.33. The van der Waals surface area contributed by atoms with E-state index in [2.05, 4.69) is 0 Å². The zero-order valence-corrected chi connectivity index (χ0v) is 10.6. The van der Waals surface area contributed by atoms with Crippen LogP contribution in [0.25, 0.3) is 11.1 Å². The van der Waals surface area contributed by atoms with Crippen LogP contribution < -0.4 is 5.76 Å². The van der Waals surface area contributed by atoms with E-state index >= 15 is 0 Å². The van der Waals surface area contributed by atoms with Gasteiger partial charge in [0.2, 0.25) is 0 Å². The van der Waals surface area contributed by atoms with Crippen LogP contribution in [0.4, 0.5) is 0 Å². The molecule has 1 aromatic heterocycles. The standard InChI is InChI=1S/C13H13NO5/c1-14-9-5-8(3-4-10(9)19-12(14)16)13(6-18-7-13)11(15)17-2/h3-5H,6-7H2,1-2H3. The van der Waals surface area contributed by atoms with Crippen molar-refractivity contribution < 1.29 is 18.7 Å². The number of carbonyl (C=O) groups excluding carboxylic acids is 1. The van der Waals surface area contributed by atoms with E-state index in [0.29, 0.717) is 11.1 Å². The Hall–Kier alpha value is -2.08. The minimum Gasteiger partial charge on any atom is -0.468 e. The molecular formula is C13H13NO5. The van der Waals surface area contributed by atoms with Gasteiger partial charge in [-0.15, -0.1) is 0 Å². The number of ether oxygens (including phenoxy) is 2. The molecule has 1 saturated heterocycles. The zero-order chi connectivity index (χ0) is 13.6. The SMILES string of the molecule is COC(=O)C1(c2ccc3oc(=O)n(C)c3c2)COC1. The summed E-state index contributed by atoms with van der Waals surface area (Å²) in [5.74, 6) is -0.754. The maximum atomic E-state index is 11.9. The molecule has 1 aliphatic rings. The molecule has 0 saturated carbocycles. The lowest BCUT2D eigenvalue weighted by Crippen LogP contribution is -2.53. The molecule has 1 aliphatic heterocycles. The number of hydrogen-bond acceptors (Lipinski definition) is 5. The molecule has 0 amide bonds. The Morgan fingerprint density at radius 3 is 2.74 bits per heavy atom. The Kier molecular flexibility index (Phi) is 2.50. The van der Waals surface area contributed by atoms with E-state index in [1.165, 1.54) is 11.7 Å². The van der Waals surface area contributed by atoms with E-state index in [1.54, 1.807) is 25.2 Å². The van der Waals surface area contributed by atoms with Gasteiger partial charge in [0.1, 0.15) is 5.41 Å². The number of rotatable bonds is 2. The molecule has 6 nitrogen and oxygen atoms in total. The Balaban J connectivity index is 2.17. The van der Waals surface area contributed by atoms with Gasteiger partial charge in [-0.1, -0.05) is 6.07 Å². The van der Waals surface area contributed by atoms with Gasteiger partial charge in [-0.3, -0.25) is 9.36 Å². The highest BCUT2D eigenvalue weighted by Gasteiger charge is 2.48. The van der Waals surface area contributed by atoms with Gasteiger partial charge in [-0.2, -0.15) is 0 Å². The van der Waals surface area contributed by atoms with Crippen molar-refractivity contribution in [1.29, 1.82) is 0 Å². The number of oxazole rings is 1. The molecule has 1 aromatic carbocycles.